The van der Waals surface area contributed by atoms with E-state index in [9.17, 15) is 9.18 Å². The Morgan fingerprint density at radius 2 is 2.00 bits per heavy atom. The number of amides is 1. The van der Waals surface area contributed by atoms with Crippen LogP contribution in [0.2, 0.25) is 0 Å². The van der Waals surface area contributed by atoms with Crippen LogP contribution in [0.1, 0.15) is 36.5 Å². The monoisotopic (exact) mass is 382 g/mol. The number of halogens is 1. The normalized spacial score (nSPS) is 11.1. The van der Waals surface area contributed by atoms with Gasteiger partial charge in [0.25, 0.3) is 5.91 Å². The summed E-state index contributed by atoms with van der Waals surface area (Å²) in [5, 5.41) is 4.18. The molecule has 0 aliphatic rings. The Labute approximate surface area is 163 Å². The van der Waals surface area contributed by atoms with Crippen molar-refractivity contribution in [1.82, 2.24) is 14.8 Å². The third kappa shape index (κ3) is 4.61. The summed E-state index contributed by atoms with van der Waals surface area (Å²) in [6.07, 6.45) is 0.988. The zero-order chi connectivity index (χ0) is 20.1. The molecule has 2 aromatic carbocycles. The molecule has 0 unspecified atom stereocenters. The summed E-state index contributed by atoms with van der Waals surface area (Å²) in [5.41, 5.74) is 7.15. The summed E-state index contributed by atoms with van der Waals surface area (Å²) in [6.45, 7) is 5.43. The second-order valence-electron chi connectivity index (χ2n) is 6.92. The van der Waals surface area contributed by atoms with Crippen molar-refractivity contribution in [3.8, 4) is 17.1 Å². The zero-order valence-corrected chi connectivity index (χ0v) is 15.9. The van der Waals surface area contributed by atoms with Crippen LogP contribution in [0.25, 0.3) is 17.1 Å². The molecule has 0 atom stereocenters. The number of nitrogens with zero attached hydrogens (tertiary/aromatic N) is 3. The lowest BCUT2D eigenvalue weighted by Gasteiger charge is -2.10. The highest BCUT2D eigenvalue weighted by Gasteiger charge is 2.19. The van der Waals surface area contributed by atoms with Crippen molar-refractivity contribution in [1.29, 1.82) is 0 Å². The van der Waals surface area contributed by atoms with E-state index < -0.39 is 11.7 Å². The zero-order valence-electron chi connectivity index (χ0n) is 15.9. The number of hydrogen-bond donors (Lipinski definition) is 1. The first-order valence-electron chi connectivity index (χ1n) is 9.14. The Hall–Kier alpha value is -3.06. The van der Waals surface area contributed by atoms with Gasteiger partial charge in [-0.15, -0.1) is 5.10 Å². The van der Waals surface area contributed by atoms with E-state index in [0.29, 0.717) is 24.8 Å². The lowest BCUT2D eigenvalue weighted by atomic mass is 10.1. The number of rotatable bonds is 8. The quantitative estimate of drug-likeness (QED) is 0.602. The molecule has 3 aromatic rings. The molecular formula is C21H23FN4O2. The summed E-state index contributed by atoms with van der Waals surface area (Å²) in [5.74, 6) is -0.608. The fourth-order valence-corrected chi connectivity index (χ4v) is 2.70. The van der Waals surface area contributed by atoms with E-state index in [-0.39, 0.29) is 17.2 Å². The first-order chi connectivity index (χ1) is 13.5. The molecule has 7 heteroatoms. The van der Waals surface area contributed by atoms with Gasteiger partial charge in [0.1, 0.15) is 5.82 Å². The number of benzene rings is 2. The van der Waals surface area contributed by atoms with Gasteiger partial charge in [0.05, 0.1) is 17.9 Å². The van der Waals surface area contributed by atoms with Crippen molar-refractivity contribution in [3.05, 3.63) is 65.7 Å². The Balaban J connectivity index is 1.94. The molecule has 0 aliphatic heterocycles. The molecule has 0 saturated heterocycles. The molecule has 0 aliphatic carbocycles. The van der Waals surface area contributed by atoms with Gasteiger partial charge in [-0.3, -0.25) is 4.79 Å². The van der Waals surface area contributed by atoms with Gasteiger partial charge in [0.2, 0.25) is 5.82 Å². The molecule has 1 amide bonds. The van der Waals surface area contributed by atoms with E-state index in [1.165, 1.54) is 10.7 Å². The Kier molecular flexibility index (Phi) is 6.16. The summed E-state index contributed by atoms with van der Waals surface area (Å²) in [7, 11) is 0. The van der Waals surface area contributed by atoms with Crippen LogP contribution < -0.4 is 5.73 Å². The molecule has 3 rings (SSSR count). The van der Waals surface area contributed by atoms with Gasteiger partial charge < -0.3 is 10.5 Å². The second kappa shape index (κ2) is 8.75. The molecular weight excluding hydrogens is 359 g/mol. The SMILES string of the molecule is CC(C)CCOCc1cccc(-n2nc(C(N)=O)nc2-c2ccccc2F)c1. The van der Waals surface area contributed by atoms with Gasteiger partial charge in [-0.1, -0.05) is 38.1 Å². The first kappa shape index (κ1) is 19.7. The van der Waals surface area contributed by atoms with Crippen LogP contribution in [0.4, 0.5) is 4.39 Å². The van der Waals surface area contributed by atoms with Gasteiger partial charge in [-0.2, -0.15) is 0 Å². The van der Waals surface area contributed by atoms with Crippen LogP contribution in [0.5, 0.6) is 0 Å². The van der Waals surface area contributed by atoms with E-state index >= 15 is 0 Å². The molecule has 0 saturated carbocycles. The van der Waals surface area contributed by atoms with E-state index in [1.807, 2.05) is 18.2 Å². The maximum absolute atomic E-state index is 14.3. The third-order valence-corrected chi connectivity index (χ3v) is 4.21. The van der Waals surface area contributed by atoms with Crippen LogP contribution in [0.15, 0.2) is 48.5 Å². The average Bonchev–Trinajstić information content (AvgIpc) is 3.11. The highest BCUT2D eigenvalue weighted by atomic mass is 19.1. The highest BCUT2D eigenvalue weighted by Crippen LogP contribution is 2.24. The number of ether oxygens (including phenoxy) is 1. The Bertz CT molecular complexity index is 969. The molecule has 0 spiro atoms. The minimum absolute atomic E-state index is 0.170. The molecule has 2 N–H and O–H groups in total. The topological polar surface area (TPSA) is 83.0 Å². The van der Waals surface area contributed by atoms with E-state index in [2.05, 4.69) is 23.9 Å². The van der Waals surface area contributed by atoms with Crippen molar-refractivity contribution in [2.45, 2.75) is 26.9 Å². The maximum Gasteiger partial charge on any atom is 0.288 e. The molecule has 1 heterocycles. The van der Waals surface area contributed by atoms with Gasteiger partial charge >= 0.3 is 0 Å². The number of carbonyl (C=O) groups excluding carboxylic acids is 1. The van der Waals surface area contributed by atoms with Crippen molar-refractivity contribution >= 4 is 5.91 Å². The standard InChI is InChI=1S/C21H23FN4O2/c1-14(2)10-11-28-13-15-6-5-7-16(12-15)26-21(24-20(25-26)19(23)27)17-8-3-4-9-18(17)22/h3-9,12,14H,10-11,13H2,1-2H3,(H2,23,27). The van der Waals surface area contributed by atoms with Crippen molar-refractivity contribution < 1.29 is 13.9 Å². The van der Waals surface area contributed by atoms with Crippen molar-refractivity contribution in [3.63, 3.8) is 0 Å². The molecule has 6 nitrogen and oxygen atoms in total. The molecule has 0 radical (unpaired) electrons. The molecule has 0 bridgehead atoms. The maximum atomic E-state index is 14.3. The minimum Gasteiger partial charge on any atom is -0.377 e. The van der Waals surface area contributed by atoms with Crippen LogP contribution in [0, 0.1) is 11.7 Å². The predicted octanol–water partition coefficient (Wildman–Crippen LogP) is 3.74. The van der Waals surface area contributed by atoms with Crippen LogP contribution in [0.3, 0.4) is 0 Å². The first-order valence-corrected chi connectivity index (χ1v) is 9.14. The highest BCUT2D eigenvalue weighted by molar-refractivity contribution is 5.89. The van der Waals surface area contributed by atoms with E-state index in [0.717, 1.165) is 12.0 Å². The number of carbonyl (C=O) groups is 1. The fraction of sp³-hybridized carbons (Fsp3) is 0.286. The van der Waals surface area contributed by atoms with Crippen LogP contribution >= 0.6 is 0 Å². The van der Waals surface area contributed by atoms with E-state index in [4.69, 9.17) is 10.5 Å². The smallest absolute Gasteiger partial charge is 0.288 e. The van der Waals surface area contributed by atoms with Gasteiger partial charge in [-0.05, 0) is 42.2 Å². The number of primary amides is 1. The number of hydrogen-bond acceptors (Lipinski definition) is 4. The fourth-order valence-electron chi connectivity index (χ4n) is 2.70. The predicted molar refractivity (Wildman–Crippen MR) is 104 cm³/mol. The Morgan fingerprint density at radius 3 is 2.71 bits per heavy atom. The number of aromatic nitrogens is 3. The van der Waals surface area contributed by atoms with Crippen LogP contribution in [-0.4, -0.2) is 27.3 Å². The Morgan fingerprint density at radius 1 is 1.21 bits per heavy atom. The second-order valence-corrected chi connectivity index (χ2v) is 6.92. The van der Waals surface area contributed by atoms with Crippen molar-refractivity contribution in [2.75, 3.05) is 6.61 Å². The summed E-state index contributed by atoms with van der Waals surface area (Å²) >= 11 is 0. The summed E-state index contributed by atoms with van der Waals surface area (Å²) in [4.78, 5) is 15.7. The van der Waals surface area contributed by atoms with Gasteiger partial charge in [0.15, 0.2) is 5.82 Å². The van der Waals surface area contributed by atoms with Gasteiger partial charge in [-0.25, -0.2) is 14.1 Å². The van der Waals surface area contributed by atoms with E-state index in [1.54, 1.807) is 24.3 Å². The minimum atomic E-state index is -0.774. The molecule has 1 aromatic heterocycles. The molecule has 0 fully saturated rings. The summed E-state index contributed by atoms with van der Waals surface area (Å²) in [6, 6.07) is 13.7. The van der Waals surface area contributed by atoms with Crippen molar-refractivity contribution in [2.24, 2.45) is 11.7 Å². The molecule has 28 heavy (non-hydrogen) atoms. The number of nitrogens with two attached hydrogens (primary N) is 1. The lowest BCUT2D eigenvalue weighted by molar-refractivity contribution is 0.0990. The lowest BCUT2D eigenvalue weighted by Crippen LogP contribution is -2.13. The largest absolute Gasteiger partial charge is 0.377 e. The molecule has 146 valence electrons. The van der Waals surface area contributed by atoms with Crippen LogP contribution in [-0.2, 0) is 11.3 Å². The van der Waals surface area contributed by atoms with Gasteiger partial charge in [0, 0.05) is 6.61 Å². The summed E-state index contributed by atoms with van der Waals surface area (Å²) < 4.78 is 21.5. The average molecular weight is 382 g/mol. The third-order valence-electron chi connectivity index (χ3n) is 4.21.